The summed E-state index contributed by atoms with van der Waals surface area (Å²) < 4.78 is 41.5. The summed E-state index contributed by atoms with van der Waals surface area (Å²) in [6, 6.07) is 4.18. The van der Waals surface area contributed by atoms with E-state index in [9.17, 15) is 13.2 Å². The molecule has 4 nitrogen and oxygen atoms in total. The zero-order valence-electron chi connectivity index (χ0n) is 13.8. The van der Waals surface area contributed by atoms with Crippen LogP contribution in [0.25, 0.3) is 0 Å². The first-order chi connectivity index (χ1) is 12.1. The number of thioether (sulfide) groups is 1. The Balaban J connectivity index is 1.78. The number of fused-ring (bicyclic) bond motifs is 4. The Bertz CT molecular complexity index is 930. The molecule has 0 saturated heterocycles. The molecule has 1 atom stereocenters. The fourth-order valence-corrected chi connectivity index (χ4v) is 4.65. The number of ether oxygens (including phenoxy) is 1. The molecule has 0 amide bonds. The maximum Gasteiger partial charge on any atom is 0.573 e. The van der Waals surface area contributed by atoms with Crippen LogP contribution in [0.2, 0.25) is 5.28 Å². The van der Waals surface area contributed by atoms with Crippen molar-refractivity contribution < 1.29 is 17.9 Å². The molecule has 2 aromatic rings. The van der Waals surface area contributed by atoms with E-state index in [1.54, 1.807) is 12.3 Å². The molecular weight excluding hydrogens is 387 g/mol. The SMILES string of the molecule is CC1(C)CC2=Nc3ccc(OC(F)(F)F)cc3SC2c2nc(Cl)ncc21. The number of benzene rings is 1. The van der Waals surface area contributed by atoms with E-state index in [0.717, 1.165) is 17.0 Å². The Morgan fingerprint density at radius 3 is 2.81 bits per heavy atom. The zero-order chi connectivity index (χ0) is 18.7. The van der Waals surface area contributed by atoms with Crippen molar-refractivity contribution >= 4 is 34.8 Å². The van der Waals surface area contributed by atoms with E-state index >= 15 is 0 Å². The van der Waals surface area contributed by atoms with Gasteiger partial charge < -0.3 is 4.74 Å². The Labute approximate surface area is 156 Å². The summed E-state index contributed by atoms with van der Waals surface area (Å²) in [6.07, 6.45) is -2.30. The van der Waals surface area contributed by atoms with Crippen LogP contribution in [0.4, 0.5) is 18.9 Å². The number of rotatable bonds is 1. The van der Waals surface area contributed by atoms with Crippen LogP contribution in [0.15, 0.2) is 34.3 Å². The molecule has 1 aromatic heterocycles. The maximum absolute atomic E-state index is 12.5. The van der Waals surface area contributed by atoms with Crippen LogP contribution in [0.5, 0.6) is 5.75 Å². The van der Waals surface area contributed by atoms with E-state index in [2.05, 4.69) is 33.5 Å². The molecule has 0 N–H and O–H groups in total. The van der Waals surface area contributed by atoms with E-state index < -0.39 is 6.36 Å². The number of alkyl halides is 3. The van der Waals surface area contributed by atoms with Gasteiger partial charge in [0.2, 0.25) is 5.28 Å². The maximum atomic E-state index is 12.5. The van der Waals surface area contributed by atoms with Crippen molar-refractivity contribution in [3.8, 4) is 5.75 Å². The topological polar surface area (TPSA) is 47.4 Å². The van der Waals surface area contributed by atoms with Gasteiger partial charge in [0.25, 0.3) is 0 Å². The molecule has 0 bridgehead atoms. The Morgan fingerprint density at radius 1 is 1.31 bits per heavy atom. The molecule has 0 fully saturated rings. The Morgan fingerprint density at radius 2 is 2.08 bits per heavy atom. The lowest BCUT2D eigenvalue weighted by Crippen LogP contribution is -2.34. The minimum Gasteiger partial charge on any atom is -0.406 e. The van der Waals surface area contributed by atoms with Crippen LogP contribution < -0.4 is 4.74 Å². The summed E-state index contributed by atoms with van der Waals surface area (Å²) in [5.41, 5.74) is 3.10. The largest absolute Gasteiger partial charge is 0.573 e. The van der Waals surface area contributed by atoms with E-state index in [0.29, 0.717) is 17.0 Å². The first kappa shape index (κ1) is 17.6. The van der Waals surface area contributed by atoms with Crippen LogP contribution in [0.3, 0.4) is 0 Å². The van der Waals surface area contributed by atoms with E-state index in [-0.39, 0.29) is 21.7 Å². The average molecular weight is 400 g/mol. The third-order valence-corrected chi connectivity index (χ3v) is 5.86. The molecule has 1 aliphatic heterocycles. The molecule has 1 aliphatic carbocycles. The van der Waals surface area contributed by atoms with Gasteiger partial charge in [0.05, 0.1) is 16.6 Å². The molecule has 4 rings (SSSR count). The third kappa shape index (κ3) is 3.16. The lowest BCUT2D eigenvalue weighted by Gasteiger charge is -2.38. The van der Waals surface area contributed by atoms with Crippen molar-refractivity contribution in [2.75, 3.05) is 0 Å². The second-order valence-corrected chi connectivity index (χ2v) is 8.26. The van der Waals surface area contributed by atoms with Gasteiger partial charge >= 0.3 is 6.36 Å². The number of nitrogens with zero attached hydrogens (tertiary/aromatic N) is 3. The van der Waals surface area contributed by atoms with E-state index in [1.807, 2.05) is 0 Å². The highest BCUT2D eigenvalue weighted by atomic mass is 35.5. The highest BCUT2D eigenvalue weighted by molar-refractivity contribution is 8.00. The molecule has 0 spiro atoms. The predicted octanol–water partition coefficient (Wildman–Crippen LogP) is 5.63. The fourth-order valence-electron chi connectivity index (χ4n) is 3.27. The molecule has 1 unspecified atom stereocenters. The summed E-state index contributed by atoms with van der Waals surface area (Å²) >= 11 is 7.39. The molecular formula is C17H13ClF3N3OS. The van der Waals surface area contributed by atoms with Gasteiger partial charge in [-0.05, 0) is 47.2 Å². The van der Waals surface area contributed by atoms with Crippen molar-refractivity contribution in [3.05, 3.63) is 40.9 Å². The summed E-state index contributed by atoms with van der Waals surface area (Å²) in [6.45, 7) is 4.17. The van der Waals surface area contributed by atoms with Gasteiger partial charge in [-0.1, -0.05) is 13.8 Å². The second-order valence-electron chi connectivity index (χ2n) is 6.78. The van der Waals surface area contributed by atoms with E-state index in [4.69, 9.17) is 11.6 Å². The van der Waals surface area contributed by atoms with Gasteiger partial charge in [0, 0.05) is 16.8 Å². The number of hydrogen-bond acceptors (Lipinski definition) is 5. The lowest BCUT2D eigenvalue weighted by atomic mass is 9.74. The first-order valence-corrected chi connectivity index (χ1v) is 9.05. The summed E-state index contributed by atoms with van der Waals surface area (Å²) in [4.78, 5) is 13.8. The van der Waals surface area contributed by atoms with Crippen LogP contribution >= 0.6 is 23.4 Å². The lowest BCUT2D eigenvalue weighted by molar-refractivity contribution is -0.274. The molecule has 0 saturated carbocycles. The van der Waals surface area contributed by atoms with Crippen LogP contribution in [0, 0.1) is 0 Å². The second kappa shape index (κ2) is 5.85. The third-order valence-electron chi connectivity index (χ3n) is 4.37. The first-order valence-electron chi connectivity index (χ1n) is 7.79. The van der Waals surface area contributed by atoms with Crippen molar-refractivity contribution in [2.45, 2.75) is 42.2 Å². The number of halogens is 4. The molecule has 9 heteroatoms. The molecule has 2 aliphatic rings. The van der Waals surface area contributed by atoms with Crippen molar-refractivity contribution in [1.82, 2.24) is 9.97 Å². The van der Waals surface area contributed by atoms with Crippen molar-refractivity contribution in [3.63, 3.8) is 0 Å². The van der Waals surface area contributed by atoms with Crippen LogP contribution in [-0.4, -0.2) is 22.0 Å². The quantitative estimate of drug-likeness (QED) is 0.583. The van der Waals surface area contributed by atoms with Gasteiger partial charge in [-0.15, -0.1) is 24.9 Å². The van der Waals surface area contributed by atoms with Crippen molar-refractivity contribution in [2.24, 2.45) is 4.99 Å². The van der Waals surface area contributed by atoms with Gasteiger partial charge in [-0.3, -0.25) is 4.99 Å². The number of aliphatic imine (C=N–C) groups is 1. The Kier molecular flexibility index (Phi) is 3.96. The zero-order valence-corrected chi connectivity index (χ0v) is 15.3. The predicted molar refractivity (Wildman–Crippen MR) is 93.5 cm³/mol. The highest BCUT2D eigenvalue weighted by Gasteiger charge is 2.41. The molecule has 26 heavy (non-hydrogen) atoms. The van der Waals surface area contributed by atoms with Gasteiger partial charge in [0.1, 0.15) is 5.75 Å². The normalized spacial score (nSPS) is 20.5. The summed E-state index contributed by atoms with van der Waals surface area (Å²) in [5.74, 6) is -0.264. The fraction of sp³-hybridized carbons (Fsp3) is 0.353. The average Bonchev–Trinajstić information content (AvgIpc) is 2.51. The van der Waals surface area contributed by atoms with Gasteiger partial charge in [0.15, 0.2) is 0 Å². The number of hydrogen-bond donors (Lipinski definition) is 0. The Hall–Kier alpha value is -1.80. The minimum atomic E-state index is -4.73. The molecule has 2 heterocycles. The molecule has 0 radical (unpaired) electrons. The van der Waals surface area contributed by atoms with Crippen LogP contribution in [0.1, 0.15) is 36.8 Å². The smallest absolute Gasteiger partial charge is 0.406 e. The van der Waals surface area contributed by atoms with Gasteiger partial charge in [-0.2, -0.15) is 0 Å². The highest BCUT2D eigenvalue weighted by Crippen LogP contribution is 2.53. The van der Waals surface area contributed by atoms with Gasteiger partial charge in [-0.25, -0.2) is 9.97 Å². The molecule has 1 aromatic carbocycles. The standard InChI is InChI=1S/C17H13ClF3N3OS/c1-16(2)6-11-14(13-9(16)7-22-15(18)24-13)26-12-5-8(25-17(19,20)21)3-4-10(12)23-11/h3-5,7,14H,6H2,1-2H3. The summed E-state index contributed by atoms with van der Waals surface area (Å²) in [7, 11) is 0. The summed E-state index contributed by atoms with van der Waals surface area (Å²) in [5, 5.41) is -0.0616. The minimum absolute atomic E-state index is 0.140. The van der Waals surface area contributed by atoms with Crippen LogP contribution in [-0.2, 0) is 5.41 Å². The number of aromatic nitrogens is 2. The van der Waals surface area contributed by atoms with E-state index in [1.165, 1.54) is 23.9 Å². The molecule has 136 valence electrons. The van der Waals surface area contributed by atoms with Crippen molar-refractivity contribution in [1.29, 1.82) is 0 Å². The monoisotopic (exact) mass is 399 g/mol.